The average Bonchev–Trinajstić information content (AvgIpc) is 1.19. The number of hydrogen-bond donors (Lipinski definition) is 0. The van der Waals surface area contributed by atoms with E-state index in [1.54, 1.807) is 0 Å². The number of ketones is 1. The van der Waals surface area contributed by atoms with Crippen molar-refractivity contribution < 1.29 is 142 Å². The van der Waals surface area contributed by atoms with Crippen LogP contribution in [0, 0.1) is 0 Å². The molecule has 0 saturated carbocycles. The molecule has 5 nitrogen and oxygen atoms in total. The molecule has 0 spiro atoms. The SMILES string of the molecule is CC(C)=O.[Na+].[Na+].[Na+].[Na+].[O-][Si]([O-])([O-])[O-]. The number of carbonyl (C=O) groups excluding carboxylic acids is 1. The normalized spacial score (nSPS) is 6.62. The standard InChI is InChI=1S/C3H6O.4Na.O4Si/c1-3(2)4;;;;;1-5(2,3)4/h1-2H3;;;;;/q;4*+1;-4. The topological polar surface area (TPSA) is 109 Å². The summed E-state index contributed by atoms with van der Waals surface area (Å²) in [5.74, 6) is 0.167. The van der Waals surface area contributed by atoms with Crippen molar-refractivity contribution >= 4 is 14.8 Å². The molecular weight excluding hydrogens is 236 g/mol. The van der Waals surface area contributed by atoms with Gasteiger partial charge in [0.05, 0.1) is 0 Å². The van der Waals surface area contributed by atoms with Crippen molar-refractivity contribution in [3.05, 3.63) is 0 Å². The van der Waals surface area contributed by atoms with Gasteiger partial charge in [-0.25, -0.2) is 0 Å². The Bertz CT molecular complexity index is 86.3. The predicted octanol–water partition coefficient (Wildman–Crippen LogP) is -16.5. The molecule has 0 bridgehead atoms. The van der Waals surface area contributed by atoms with Crippen molar-refractivity contribution in [3.8, 4) is 0 Å². The molecule has 10 heteroatoms. The summed E-state index contributed by atoms with van der Waals surface area (Å²) in [4.78, 5) is 43.8. The molecule has 0 saturated heterocycles. The fourth-order valence-corrected chi connectivity index (χ4v) is 0. The third-order valence-electron chi connectivity index (χ3n) is 0. The van der Waals surface area contributed by atoms with Gasteiger partial charge in [-0.2, -0.15) is 0 Å². The molecule has 0 unspecified atom stereocenters. The van der Waals surface area contributed by atoms with Crippen LogP contribution in [0.25, 0.3) is 0 Å². The number of rotatable bonds is 0. The van der Waals surface area contributed by atoms with Gasteiger partial charge in [0.2, 0.25) is 0 Å². The first-order valence-corrected chi connectivity index (χ1v) is 3.65. The van der Waals surface area contributed by atoms with E-state index in [1.165, 1.54) is 13.8 Å². The fraction of sp³-hybridized carbons (Fsp3) is 0.667. The Hall–Kier alpha value is 3.73. The van der Waals surface area contributed by atoms with Crippen molar-refractivity contribution in [1.29, 1.82) is 0 Å². The Morgan fingerprint density at radius 2 is 0.846 bits per heavy atom. The smallest absolute Gasteiger partial charge is 0.894 e. The molecular formula is C3H6Na4O5Si. The van der Waals surface area contributed by atoms with Crippen molar-refractivity contribution in [2.75, 3.05) is 0 Å². The Morgan fingerprint density at radius 1 is 0.846 bits per heavy atom. The van der Waals surface area contributed by atoms with Crippen molar-refractivity contribution in [3.63, 3.8) is 0 Å². The van der Waals surface area contributed by atoms with E-state index < -0.39 is 9.05 Å². The van der Waals surface area contributed by atoms with E-state index in [4.69, 9.17) is 19.2 Å². The summed E-state index contributed by atoms with van der Waals surface area (Å²) < 4.78 is 0. The van der Waals surface area contributed by atoms with Gasteiger partial charge in [0.25, 0.3) is 0 Å². The zero-order valence-corrected chi connectivity index (χ0v) is 18.0. The van der Waals surface area contributed by atoms with Crippen molar-refractivity contribution in [1.82, 2.24) is 0 Å². The van der Waals surface area contributed by atoms with E-state index in [0.717, 1.165) is 0 Å². The van der Waals surface area contributed by atoms with Gasteiger partial charge in [0, 0.05) is 0 Å². The monoisotopic (exact) mass is 242 g/mol. The Labute approximate surface area is 167 Å². The van der Waals surface area contributed by atoms with Crippen LogP contribution in [0.15, 0.2) is 0 Å². The first-order valence-electron chi connectivity index (χ1n) is 2.02. The molecule has 0 rings (SSSR count). The van der Waals surface area contributed by atoms with E-state index >= 15 is 0 Å². The zero-order chi connectivity index (χ0) is 8.08. The summed E-state index contributed by atoms with van der Waals surface area (Å²) in [6.07, 6.45) is 0. The van der Waals surface area contributed by atoms with Gasteiger partial charge in [-0.1, -0.05) is 0 Å². The Balaban J connectivity index is -0.0000000146. The van der Waals surface area contributed by atoms with E-state index in [2.05, 4.69) is 0 Å². The maximum atomic E-state index is 9.44. The van der Waals surface area contributed by atoms with Crippen LogP contribution in [0.3, 0.4) is 0 Å². The minimum Gasteiger partial charge on any atom is -0.894 e. The van der Waals surface area contributed by atoms with Crippen LogP contribution in [0.2, 0.25) is 0 Å². The maximum Gasteiger partial charge on any atom is 1.00 e. The zero-order valence-electron chi connectivity index (χ0n) is 9.04. The van der Waals surface area contributed by atoms with Crippen LogP contribution in [0.1, 0.15) is 13.8 Å². The van der Waals surface area contributed by atoms with Crippen molar-refractivity contribution in [2.24, 2.45) is 0 Å². The molecule has 0 heterocycles. The maximum absolute atomic E-state index is 9.44. The molecule has 0 aromatic heterocycles. The van der Waals surface area contributed by atoms with Crippen molar-refractivity contribution in [2.45, 2.75) is 13.8 Å². The quantitative estimate of drug-likeness (QED) is 0.392. The molecule has 0 aliphatic rings. The molecule has 0 atom stereocenters. The molecule has 13 heavy (non-hydrogen) atoms. The third kappa shape index (κ3) is 213. The van der Waals surface area contributed by atoms with Gasteiger partial charge >= 0.3 is 118 Å². The molecule has 0 radical (unpaired) electrons. The van der Waals surface area contributed by atoms with E-state index in [0.29, 0.717) is 0 Å². The fourth-order valence-electron chi connectivity index (χ4n) is 0. The summed E-state index contributed by atoms with van der Waals surface area (Å²) in [7, 11) is -5.61. The van der Waals surface area contributed by atoms with Crippen LogP contribution in [-0.2, 0) is 4.79 Å². The summed E-state index contributed by atoms with van der Waals surface area (Å²) in [6, 6.07) is 0. The number of carbonyl (C=O) groups is 1. The second-order valence-corrected chi connectivity index (χ2v) is 2.41. The van der Waals surface area contributed by atoms with Crippen LogP contribution in [-0.4, -0.2) is 14.8 Å². The van der Waals surface area contributed by atoms with Crippen LogP contribution in [0.4, 0.5) is 0 Å². The van der Waals surface area contributed by atoms with E-state index in [9.17, 15) is 4.79 Å². The molecule has 0 amide bonds. The molecule has 0 aliphatic heterocycles. The molecule has 0 aromatic carbocycles. The second-order valence-electron chi connectivity index (χ2n) is 1.41. The molecule has 0 aromatic rings. The minimum atomic E-state index is -5.61. The molecule has 0 N–H and O–H groups in total. The van der Waals surface area contributed by atoms with Gasteiger partial charge < -0.3 is 33.0 Å². The van der Waals surface area contributed by atoms with Gasteiger partial charge in [-0.3, -0.25) is 0 Å². The minimum absolute atomic E-state index is 0. The number of Topliss-reactive ketones (excluding diaryl/α,β-unsaturated/α-hetero) is 1. The first-order chi connectivity index (χ1) is 3.73. The average molecular weight is 242 g/mol. The van der Waals surface area contributed by atoms with Gasteiger partial charge in [-0.05, 0) is 13.8 Å². The summed E-state index contributed by atoms with van der Waals surface area (Å²) in [5, 5.41) is 0. The largest absolute Gasteiger partial charge is 1.00 e. The molecule has 0 aliphatic carbocycles. The van der Waals surface area contributed by atoms with Crippen LogP contribution >= 0.6 is 0 Å². The van der Waals surface area contributed by atoms with E-state index in [-0.39, 0.29) is 124 Å². The first kappa shape index (κ1) is 36.0. The van der Waals surface area contributed by atoms with Gasteiger partial charge in [0.15, 0.2) is 0 Å². The van der Waals surface area contributed by atoms with Crippen LogP contribution < -0.4 is 137 Å². The Morgan fingerprint density at radius 3 is 0.846 bits per heavy atom. The van der Waals surface area contributed by atoms with Gasteiger partial charge in [-0.15, -0.1) is 0 Å². The van der Waals surface area contributed by atoms with Crippen LogP contribution in [0.5, 0.6) is 0 Å². The number of hydrogen-bond acceptors (Lipinski definition) is 5. The molecule has 0 fully saturated rings. The van der Waals surface area contributed by atoms with Gasteiger partial charge in [0.1, 0.15) is 5.78 Å². The second kappa shape index (κ2) is 21.1. The summed E-state index contributed by atoms with van der Waals surface area (Å²) in [5.41, 5.74) is 0. The third-order valence-corrected chi connectivity index (χ3v) is 0. The summed E-state index contributed by atoms with van der Waals surface area (Å²) in [6.45, 7) is 3.06. The summed E-state index contributed by atoms with van der Waals surface area (Å²) >= 11 is 0. The van der Waals surface area contributed by atoms with E-state index in [1.807, 2.05) is 0 Å². The molecule has 56 valence electrons. The predicted molar refractivity (Wildman–Crippen MR) is 22.1 cm³/mol. The Kier molecular flexibility index (Phi) is 58.2.